The summed E-state index contributed by atoms with van der Waals surface area (Å²) in [6, 6.07) is 12.0. The highest BCUT2D eigenvalue weighted by atomic mass is 79.9. The third kappa shape index (κ3) is 3.36. The van der Waals surface area contributed by atoms with Gasteiger partial charge in [-0.05, 0) is 66.0 Å². The van der Waals surface area contributed by atoms with Crippen molar-refractivity contribution >= 4 is 32.9 Å². The fourth-order valence-electron chi connectivity index (χ4n) is 2.47. The number of nitrogens with zero attached hydrogens (tertiary/aromatic N) is 1. The summed E-state index contributed by atoms with van der Waals surface area (Å²) < 4.78 is 20.9. The Morgan fingerprint density at radius 3 is 2.33 bits per heavy atom. The maximum Gasteiger partial charge on any atom is 0.419 e. The predicted molar refractivity (Wildman–Crippen MR) is 96.7 cm³/mol. The number of fused-ring (bicyclic) bond motifs is 1. The van der Waals surface area contributed by atoms with Gasteiger partial charge < -0.3 is 4.74 Å². The van der Waals surface area contributed by atoms with Crippen LogP contribution in [0.4, 0.5) is 9.18 Å². The molecule has 0 bridgehead atoms. The van der Waals surface area contributed by atoms with Crippen molar-refractivity contribution in [2.45, 2.75) is 26.4 Å². The molecule has 0 N–H and O–H groups in total. The second kappa shape index (κ2) is 6.06. The van der Waals surface area contributed by atoms with Crippen molar-refractivity contribution < 1.29 is 13.9 Å². The lowest BCUT2D eigenvalue weighted by Gasteiger charge is -2.19. The first-order chi connectivity index (χ1) is 11.2. The molecule has 3 aromatic rings. The first kappa shape index (κ1) is 16.7. The molecule has 0 aliphatic carbocycles. The topological polar surface area (TPSA) is 31.2 Å². The summed E-state index contributed by atoms with van der Waals surface area (Å²) in [5.74, 6) is -0.278. The Kier molecular flexibility index (Phi) is 4.22. The molecule has 24 heavy (non-hydrogen) atoms. The van der Waals surface area contributed by atoms with E-state index in [1.165, 1.54) is 16.7 Å². The van der Waals surface area contributed by atoms with Crippen LogP contribution in [-0.2, 0) is 4.74 Å². The Labute approximate surface area is 148 Å². The monoisotopic (exact) mass is 389 g/mol. The van der Waals surface area contributed by atoms with E-state index in [1.807, 2.05) is 39.0 Å². The molecule has 0 saturated carbocycles. The van der Waals surface area contributed by atoms with E-state index in [0.29, 0.717) is 0 Å². The molecule has 0 fully saturated rings. The lowest BCUT2D eigenvalue weighted by molar-refractivity contribution is 0.0544. The van der Waals surface area contributed by atoms with Crippen molar-refractivity contribution in [2.24, 2.45) is 0 Å². The van der Waals surface area contributed by atoms with E-state index >= 15 is 0 Å². The van der Waals surface area contributed by atoms with E-state index in [-0.39, 0.29) is 5.82 Å². The third-order valence-corrected chi connectivity index (χ3v) is 4.16. The summed E-state index contributed by atoms with van der Waals surface area (Å²) in [7, 11) is 0. The van der Waals surface area contributed by atoms with Crippen molar-refractivity contribution in [3.63, 3.8) is 0 Å². The molecule has 0 aliphatic rings. The van der Waals surface area contributed by atoms with Crippen molar-refractivity contribution in [1.29, 1.82) is 0 Å². The largest absolute Gasteiger partial charge is 0.443 e. The van der Waals surface area contributed by atoms with Gasteiger partial charge in [-0.25, -0.2) is 9.18 Å². The molecule has 124 valence electrons. The molecule has 0 unspecified atom stereocenters. The highest BCUT2D eigenvalue weighted by Gasteiger charge is 2.20. The third-order valence-electron chi connectivity index (χ3n) is 3.52. The molecule has 1 heterocycles. The first-order valence-corrected chi connectivity index (χ1v) is 8.34. The Morgan fingerprint density at radius 2 is 1.71 bits per heavy atom. The molecule has 0 aliphatic heterocycles. The van der Waals surface area contributed by atoms with Crippen LogP contribution < -0.4 is 0 Å². The van der Waals surface area contributed by atoms with Crippen LogP contribution in [0.5, 0.6) is 0 Å². The van der Waals surface area contributed by atoms with Crippen molar-refractivity contribution in [3.05, 3.63) is 59.0 Å². The summed E-state index contributed by atoms with van der Waals surface area (Å²) in [5.41, 5.74) is 1.94. The van der Waals surface area contributed by atoms with Crippen LogP contribution in [0.2, 0.25) is 0 Å². The summed E-state index contributed by atoms with van der Waals surface area (Å²) >= 11 is 3.48. The summed E-state index contributed by atoms with van der Waals surface area (Å²) in [4.78, 5) is 12.5. The minimum absolute atomic E-state index is 0.278. The van der Waals surface area contributed by atoms with E-state index in [1.54, 1.807) is 18.3 Å². The van der Waals surface area contributed by atoms with Gasteiger partial charge in [-0.3, -0.25) is 4.57 Å². The van der Waals surface area contributed by atoms with Gasteiger partial charge in [-0.15, -0.1) is 0 Å². The van der Waals surface area contributed by atoms with Crippen molar-refractivity contribution in [2.75, 3.05) is 0 Å². The zero-order chi connectivity index (χ0) is 17.5. The van der Waals surface area contributed by atoms with Gasteiger partial charge in [0, 0.05) is 16.1 Å². The van der Waals surface area contributed by atoms with E-state index in [4.69, 9.17) is 4.74 Å². The lowest BCUT2D eigenvalue weighted by atomic mass is 10.0. The standard InChI is InChI=1S/C19H17BrFNO2/c1-19(2,3)24-18(23)22-11-16(20)15-9-6-13(10-17(15)22)12-4-7-14(21)8-5-12/h4-11H,1-3H3. The predicted octanol–water partition coefficient (Wildman–Crippen LogP) is 5.99. The van der Waals surface area contributed by atoms with Crippen LogP contribution >= 0.6 is 15.9 Å². The number of aromatic nitrogens is 1. The SMILES string of the molecule is CC(C)(C)OC(=O)n1cc(Br)c2ccc(-c3ccc(F)cc3)cc21. The summed E-state index contributed by atoms with van der Waals surface area (Å²) in [6.45, 7) is 5.49. The highest BCUT2D eigenvalue weighted by molar-refractivity contribution is 9.10. The molecule has 0 radical (unpaired) electrons. The number of rotatable bonds is 1. The van der Waals surface area contributed by atoms with Crippen LogP contribution in [0.3, 0.4) is 0 Å². The number of carbonyl (C=O) groups excluding carboxylic acids is 1. The van der Waals surface area contributed by atoms with Gasteiger partial charge in [-0.2, -0.15) is 0 Å². The van der Waals surface area contributed by atoms with E-state index in [2.05, 4.69) is 15.9 Å². The van der Waals surface area contributed by atoms with Gasteiger partial charge in [0.2, 0.25) is 0 Å². The summed E-state index contributed by atoms with van der Waals surface area (Å²) in [6.07, 6.45) is 1.27. The maximum absolute atomic E-state index is 13.1. The molecule has 3 nitrogen and oxygen atoms in total. The highest BCUT2D eigenvalue weighted by Crippen LogP contribution is 2.31. The number of ether oxygens (including phenoxy) is 1. The number of hydrogen-bond acceptors (Lipinski definition) is 2. The number of halogens is 2. The van der Waals surface area contributed by atoms with Crippen LogP contribution in [0, 0.1) is 5.82 Å². The van der Waals surface area contributed by atoms with Crippen molar-refractivity contribution in [3.8, 4) is 11.1 Å². The van der Waals surface area contributed by atoms with Gasteiger partial charge in [-0.1, -0.05) is 24.3 Å². The Bertz CT molecular complexity index is 908. The van der Waals surface area contributed by atoms with Gasteiger partial charge >= 0.3 is 6.09 Å². The molecule has 0 atom stereocenters. The zero-order valence-electron chi connectivity index (χ0n) is 13.6. The normalized spacial score (nSPS) is 11.7. The number of hydrogen-bond donors (Lipinski definition) is 0. The second-order valence-corrected chi connectivity index (χ2v) is 7.42. The minimum Gasteiger partial charge on any atom is -0.443 e. The fraction of sp³-hybridized carbons (Fsp3) is 0.211. The molecule has 5 heteroatoms. The molecule has 3 rings (SSSR count). The van der Waals surface area contributed by atoms with Gasteiger partial charge in [0.15, 0.2) is 0 Å². The van der Waals surface area contributed by atoms with E-state index < -0.39 is 11.7 Å². The number of benzene rings is 2. The minimum atomic E-state index is -0.575. The molecule has 1 aromatic heterocycles. The maximum atomic E-state index is 13.1. The lowest BCUT2D eigenvalue weighted by Crippen LogP contribution is -2.26. The first-order valence-electron chi connectivity index (χ1n) is 7.54. The fourth-order valence-corrected chi connectivity index (χ4v) is 3.01. The van der Waals surface area contributed by atoms with Gasteiger partial charge in [0.05, 0.1) is 5.52 Å². The van der Waals surface area contributed by atoms with Gasteiger partial charge in [0.25, 0.3) is 0 Å². The molecule has 0 saturated heterocycles. The number of carbonyl (C=O) groups is 1. The van der Waals surface area contributed by atoms with Crippen LogP contribution in [-0.4, -0.2) is 16.3 Å². The molecule has 0 amide bonds. The smallest absolute Gasteiger partial charge is 0.419 e. The van der Waals surface area contributed by atoms with E-state index in [9.17, 15) is 9.18 Å². The average molecular weight is 390 g/mol. The Balaban J connectivity index is 2.09. The van der Waals surface area contributed by atoms with Crippen molar-refractivity contribution in [1.82, 2.24) is 4.57 Å². The molecule has 0 spiro atoms. The Morgan fingerprint density at radius 1 is 1.08 bits per heavy atom. The van der Waals surface area contributed by atoms with Gasteiger partial charge in [0.1, 0.15) is 11.4 Å². The quantitative estimate of drug-likeness (QED) is 0.511. The molecular formula is C19H17BrFNO2. The molecular weight excluding hydrogens is 373 g/mol. The molecule has 2 aromatic carbocycles. The van der Waals surface area contributed by atoms with Crippen LogP contribution in [0.1, 0.15) is 20.8 Å². The second-order valence-electron chi connectivity index (χ2n) is 6.57. The van der Waals surface area contributed by atoms with Crippen LogP contribution in [0.25, 0.3) is 22.0 Å². The van der Waals surface area contributed by atoms with E-state index in [0.717, 1.165) is 26.5 Å². The average Bonchev–Trinajstić information content (AvgIpc) is 2.83. The van der Waals surface area contributed by atoms with Crippen LogP contribution in [0.15, 0.2) is 53.1 Å². The summed E-state index contributed by atoms with van der Waals surface area (Å²) in [5, 5.41) is 0.909. The zero-order valence-corrected chi connectivity index (χ0v) is 15.2. The Hall–Kier alpha value is -2.14.